The fourth-order valence-electron chi connectivity index (χ4n) is 2.31. The molecule has 0 saturated heterocycles. The number of hydrogen-bond acceptors (Lipinski definition) is 5. The van der Waals surface area contributed by atoms with E-state index in [9.17, 15) is 9.59 Å². The second-order valence-corrected chi connectivity index (χ2v) is 6.43. The van der Waals surface area contributed by atoms with Gasteiger partial charge < -0.3 is 9.47 Å². The zero-order valence-corrected chi connectivity index (χ0v) is 14.5. The highest BCUT2D eigenvalue weighted by Crippen LogP contribution is 2.16. The molecule has 0 fully saturated rings. The second-order valence-electron chi connectivity index (χ2n) is 5.36. The number of nitrogens with zero attached hydrogens (tertiary/aromatic N) is 1. The van der Waals surface area contributed by atoms with E-state index >= 15 is 0 Å². The van der Waals surface area contributed by atoms with E-state index in [4.69, 9.17) is 9.47 Å². The first-order valence-electron chi connectivity index (χ1n) is 7.69. The van der Waals surface area contributed by atoms with Gasteiger partial charge in [0.05, 0.1) is 11.4 Å². The smallest absolute Gasteiger partial charge is 0.261 e. The molecule has 0 amide bonds. The Balaban J connectivity index is 1.75. The molecule has 0 aliphatic carbocycles. The Morgan fingerprint density at radius 2 is 1.80 bits per heavy atom. The molecule has 6 heteroatoms. The predicted octanol–water partition coefficient (Wildman–Crippen LogP) is 3.17. The average molecular weight is 355 g/mol. The van der Waals surface area contributed by atoms with Crippen molar-refractivity contribution in [3.63, 3.8) is 0 Å². The summed E-state index contributed by atoms with van der Waals surface area (Å²) in [6.45, 7) is 0.602. The van der Waals surface area contributed by atoms with Crippen LogP contribution in [-0.2, 0) is 11.3 Å². The molecule has 25 heavy (non-hydrogen) atoms. The maximum atomic E-state index is 12.4. The van der Waals surface area contributed by atoms with E-state index in [0.29, 0.717) is 22.7 Å². The molecular weight excluding hydrogens is 338 g/mol. The molecule has 3 aromatic rings. The highest BCUT2D eigenvalue weighted by atomic mass is 32.1. The number of hydrogen-bond donors (Lipinski definition) is 0. The number of methoxy groups -OCH3 is 1. The SMILES string of the molecule is COCOc1ccc(Cn2sc(C(=O)c3ccccc3)cc2=O)cc1. The van der Waals surface area contributed by atoms with Crippen LogP contribution in [0.4, 0.5) is 0 Å². The van der Waals surface area contributed by atoms with Crippen molar-refractivity contribution in [2.24, 2.45) is 0 Å². The van der Waals surface area contributed by atoms with E-state index < -0.39 is 0 Å². The summed E-state index contributed by atoms with van der Waals surface area (Å²) < 4.78 is 11.8. The van der Waals surface area contributed by atoms with Gasteiger partial charge in [-0.1, -0.05) is 54.0 Å². The number of rotatable bonds is 7. The van der Waals surface area contributed by atoms with Gasteiger partial charge in [-0.25, -0.2) is 0 Å². The molecule has 0 bridgehead atoms. The zero-order valence-electron chi connectivity index (χ0n) is 13.7. The Morgan fingerprint density at radius 1 is 1.08 bits per heavy atom. The second kappa shape index (κ2) is 7.92. The first-order chi connectivity index (χ1) is 12.2. The summed E-state index contributed by atoms with van der Waals surface area (Å²) in [6.07, 6.45) is 0. The summed E-state index contributed by atoms with van der Waals surface area (Å²) in [4.78, 5) is 25.0. The Bertz CT molecular complexity index is 897. The standard InChI is InChI=1S/C19H17NO4S/c1-23-13-24-16-9-7-14(8-10-16)12-20-18(21)11-17(25-20)19(22)15-5-3-2-4-6-15/h2-11H,12-13H2,1H3. The number of ketones is 1. The Morgan fingerprint density at radius 3 is 2.48 bits per heavy atom. The molecule has 2 aromatic carbocycles. The molecule has 0 aliphatic rings. The van der Waals surface area contributed by atoms with Crippen LogP contribution < -0.4 is 10.3 Å². The Labute approximate surface area is 149 Å². The summed E-state index contributed by atoms with van der Waals surface area (Å²) in [7, 11) is 1.56. The van der Waals surface area contributed by atoms with Crippen LogP contribution in [0.1, 0.15) is 20.8 Å². The van der Waals surface area contributed by atoms with E-state index in [1.54, 1.807) is 35.3 Å². The first-order valence-corrected chi connectivity index (χ1v) is 8.46. The van der Waals surface area contributed by atoms with Gasteiger partial charge in [0, 0.05) is 18.7 Å². The molecule has 0 saturated carbocycles. The Kier molecular flexibility index (Phi) is 5.42. The summed E-state index contributed by atoms with van der Waals surface area (Å²) in [5.41, 5.74) is 1.35. The normalized spacial score (nSPS) is 10.6. The number of aromatic nitrogens is 1. The van der Waals surface area contributed by atoms with Gasteiger partial charge in [0.25, 0.3) is 5.56 Å². The lowest BCUT2D eigenvalue weighted by molar-refractivity contribution is 0.0511. The van der Waals surface area contributed by atoms with Gasteiger partial charge in [-0.15, -0.1) is 0 Å². The highest BCUT2D eigenvalue weighted by Gasteiger charge is 2.14. The quantitative estimate of drug-likeness (QED) is 0.482. The molecule has 0 atom stereocenters. The molecule has 0 N–H and O–H groups in total. The molecule has 0 unspecified atom stereocenters. The molecule has 5 nitrogen and oxygen atoms in total. The molecule has 0 spiro atoms. The minimum atomic E-state index is -0.177. The number of carbonyl (C=O) groups is 1. The van der Waals surface area contributed by atoms with Crippen molar-refractivity contribution in [2.45, 2.75) is 6.54 Å². The van der Waals surface area contributed by atoms with Crippen molar-refractivity contribution in [3.05, 3.63) is 87.0 Å². The summed E-state index contributed by atoms with van der Waals surface area (Å²) >= 11 is 1.18. The summed E-state index contributed by atoms with van der Waals surface area (Å²) in [6, 6.07) is 17.8. The largest absolute Gasteiger partial charge is 0.468 e. The van der Waals surface area contributed by atoms with Crippen LogP contribution in [0.15, 0.2) is 65.5 Å². The van der Waals surface area contributed by atoms with Gasteiger partial charge in [-0.2, -0.15) is 0 Å². The monoisotopic (exact) mass is 355 g/mol. The van der Waals surface area contributed by atoms with Crippen molar-refractivity contribution in [3.8, 4) is 5.75 Å². The number of ether oxygens (including phenoxy) is 2. The molecule has 128 valence electrons. The average Bonchev–Trinajstić information content (AvgIpc) is 3.02. The van der Waals surface area contributed by atoms with Crippen LogP contribution in [0, 0.1) is 0 Å². The van der Waals surface area contributed by atoms with Gasteiger partial charge >= 0.3 is 0 Å². The van der Waals surface area contributed by atoms with E-state index in [2.05, 4.69) is 0 Å². The van der Waals surface area contributed by atoms with Crippen LogP contribution in [0.5, 0.6) is 5.75 Å². The van der Waals surface area contributed by atoms with Crippen molar-refractivity contribution in [2.75, 3.05) is 13.9 Å². The predicted molar refractivity (Wildman–Crippen MR) is 96.5 cm³/mol. The van der Waals surface area contributed by atoms with E-state index in [1.807, 2.05) is 30.3 Å². The maximum absolute atomic E-state index is 12.4. The van der Waals surface area contributed by atoms with Gasteiger partial charge in [0.1, 0.15) is 5.75 Å². The van der Waals surface area contributed by atoms with E-state index in [1.165, 1.54) is 17.6 Å². The minimum absolute atomic E-state index is 0.134. The van der Waals surface area contributed by atoms with E-state index in [-0.39, 0.29) is 18.1 Å². The minimum Gasteiger partial charge on any atom is -0.468 e. The van der Waals surface area contributed by atoms with Gasteiger partial charge in [-0.05, 0) is 17.7 Å². The van der Waals surface area contributed by atoms with Crippen LogP contribution in [0.3, 0.4) is 0 Å². The fourth-order valence-corrected chi connectivity index (χ4v) is 3.26. The topological polar surface area (TPSA) is 57.5 Å². The fraction of sp³-hybridized carbons (Fsp3) is 0.158. The third-order valence-corrected chi connectivity index (χ3v) is 4.59. The van der Waals surface area contributed by atoms with E-state index in [0.717, 1.165) is 5.56 Å². The lowest BCUT2D eigenvalue weighted by Crippen LogP contribution is -2.12. The van der Waals surface area contributed by atoms with Crippen molar-refractivity contribution >= 4 is 17.3 Å². The Hall–Kier alpha value is -2.70. The van der Waals surface area contributed by atoms with Crippen LogP contribution in [0.2, 0.25) is 0 Å². The highest BCUT2D eigenvalue weighted by molar-refractivity contribution is 7.08. The van der Waals surface area contributed by atoms with Gasteiger partial charge in [0.2, 0.25) is 5.78 Å². The molecule has 1 heterocycles. The van der Waals surface area contributed by atoms with Gasteiger partial charge in [0.15, 0.2) is 6.79 Å². The summed E-state index contributed by atoms with van der Waals surface area (Å²) in [5, 5.41) is 0. The number of benzene rings is 2. The molecule has 0 radical (unpaired) electrons. The molecule has 0 aliphatic heterocycles. The van der Waals surface area contributed by atoms with Crippen LogP contribution in [0.25, 0.3) is 0 Å². The summed E-state index contributed by atoms with van der Waals surface area (Å²) in [5.74, 6) is 0.564. The first kappa shape index (κ1) is 17.1. The van der Waals surface area contributed by atoms with Crippen molar-refractivity contribution < 1.29 is 14.3 Å². The maximum Gasteiger partial charge on any atom is 0.261 e. The molecule has 3 rings (SSSR count). The number of carbonyl (C=O) groups excluding carboxylic acids is 1. The third kappa shape index (κ3) is 4.23. The zero-order chi connectivity index (χ0) is 17.6. The lowest BCUT2D eigenvalue weighted by atomic mass is 10.1. The van der Waals surface area contributed by atoms with Crippen molar-refractivity contribution in [1.82, 2.24) is 3.96 Å². The van der Waals surface area contributed by atoms with Gasteiger partial charge in [-0.3, -0.25) is 13.5 Å². The third-order valence-electron chi connectivity index (χ3n) is 3.56. The lowest BCUT2D eigenvalue weighted by Gasteiger charge is -2.06. The van der Waals surface area contributed by atoms with Crippen LogP contribution in [-0.4, -0.2) is 23.6 Å². The molecular formula is C19H17NO4S. The molecule has 1 aromatic heterocycles. The van der Waals surface area contributed by atoms with Crippen LogP contribution >= 0.6 is 11.5 Å². The van der Waals surface area contributed by atoms with Crippen molar-refractivity contribution in [1.29, 1.82) is 0 Å².